The molecule has 0 spiro atoms. The Kier molecular flexibility index (Phi) is 4.92. The summed E-state index contributed by atoms with van der Waals surface area (Å²) in [5.74, 6) is -0.615. The number of nitrogens with one attached hydrogen (secondary N) is 1. The van der Waals surface area contributed by atoms with E-state index in [1.165, 1.54) is 30.4 Å². The van der Waals surface area contributed by atoms with Gasteiger partial charge < -0.3 is 10.2 Å². The molecule has 1 heterocycles. The van der Waals surface area contributed by atoms with E-state index in [1.807, 2.05) is 6.92 Å². The second-order valence-corrected chi connectivity index (χ2v) is 6.07. The molecule has 4 nitrogen and oxygen atoms in total. The molecule has 0 bridgehead atoms. The van der Waals surface area contributed by atoms with Gasteiger partial charge in [0.1, 0.15) is 5.82 Å². The Morgan fingerprint density at radius 1 is 1.18 bits per heavy atom. The number of anilines is 1. The highest BCUT2D eigenvalue weighted by atomic mass is 32.1. The molecule has 0 fully saturated rings. The van der Waals surface area contributed by atoms with Crippen LogP contribution in [0.4, 0.5) is 9.39 Å². The first-order chi connectivity index (χ1) is 10.4. The van der Waals surface area contributed by atoms with Crippen LogP contribution < -0.4 is 5.32 Å². The molecule has 6 heteroatoms. The summed E-state index contributed by atoms with van der Waals surface area (Å²) in [6, 6.07) is 9.30. The molecule has 2 amide bonds. The van der Waals surface area contributed by atoms with Crippen LogP contribution >= 0.6 is 11.3 Å². The Balaban J connectivity index is 2.12. The monoisotopic (exact) mass is 320 g/mol. The lowest BCUT2D eigenvalue weighted by atomic mass is 10.1. The molecule has 0 aliphatic carbocycles. The number of nitrogens with zero attached hydrogens (tertiary/aromatic N) is 1. The fraction of sp³-hybridized carbons (Fsp3) is 0.250. The van der Waals surface area contributed by atoms with Gasteiger partial charge in [-0.25, -0.2) is 4.39 Å². The summed E-state index contributed by atoms with van der Waals surface area (Å²) >= 11 is 1.23. The van der Waals surface area contributed by atoms with Crippen molar-refractivity contribution in [2.24, 2.45) is 0 Å². The Bertz CT molecular complexity index is 682. The van der Waals surface area contributed by atoms with E-state index in [-0.39, 0.29) is 23.7 Å². The molecule has 116 valence electrons. The highest BCUT2D eigenvalue weighted by molar-refractivity contribution is 7.18. The van der Waals surface area contributed by atoms with Crippen molar-refractivity contribution in [3.8, 4) is 0 Å². The molecule has 22 heavy (non-hydrogen) atoms. The van der Waals surface area contributed by atoms with Crippen LogP contribution in [0.1, 0.15) is 35.1 Å². The lowest BCUT2D eigenvalue weighted by Gasteiger charge is -2.24. The third-order valence-corrected chi connectivity index (χ3v) is 4.36. The van der Waals surface area contributed by atoms with Crippen molar-refractivity contribution in [2.45, 2.75) is 19.9 Å². The predicted octanol–water partition coefficient (Wildman–Crippen LogP) is 3.68. The van der Waals surface area contributed by atoms with Crippen molar-refractivity contribution < 1.29 is 14.0 Å². The predicted molar refractivity (Wildman–Crippen MR) is 85.5 cm³/mol. The van der Waals surface area contributed by atoms with Crippen LogP contribution in [0.5, 0.6) is 0 Å². The first-order valence-corrected chi connectivity index (χ1v) is 7.60. The fourth-order valence-electron chi connectivity index (χ4n) is 2.01. The van der Waals surface area contributed by atoms with Gasteiger partial charge in [0, 0.05) is 14.0 Å². The van der Waals surface area contributed by atoms with Crippen molar-refractivity contribution in [3.05, 3.63) is 52.7 Å². The Morgan fingerprint density at radius 2 is 1.82 bits per heavy atom. The first-order valence-electron chi connectivity index (χ1n) is 6.78. The van der Waals surface area contributed by atoms with E-state index in [9.17, 15) is 14.0 Å². The van der Waals surface area contributed by atoms with Crippen LogP contribution in [0.25, 0.3) is 0 Å². The summed E-state index contributed by atoms with van der Waals surface area (Å²) in [6.07, 6.45) is 0. The lowest BCUT2D eigenvalue weighted by molar-refractivity contribution is -0.114. The molecule has 1 unspecified atom stereocenters. The van der Waals surface area contributed by atoms with Crippen molar-refractivity contribution in [3.63, 3.8) is 0 Å². The van der Waals surface area contributed by atoms with Crippen LogP contribution in [0, 0.1) is 5.82 Å². The lowest BCUT2D eigenvalue weighted by Crippen LogP contribution is -2.29. The molecule has 1 aromatic heterocycles. The Morgan fingerprint density at radius 3 is 2.41 bits per heavy atom. The molecule has 2 rings (SSSR count). The van der Waals surface area contributed by atoms with Crippen molar-refractivity contribution >= 4 is 28.2 Å². The molecule has 0 saturated carbocycles. The van der Waals surface area contributed by atoms with Gasteiger partial charge in [-0.2, -0.15) is 0 Å². The maximum absolute atomic E-state index is 13.0. The molecular weight excluding hydrogens is 303 g/mol. The van der Waals surface area contributed by atoms with E-state index in [0.717, 1.165) is 5.56 Å². The van der Waals surface area contributed by atoms with Crippen LogP contribution in [0.15, 0.2) is 36.4 Å². The van der Waals surface area contributed by atoms with Crippen LogP contribution in [-0.4, -0.2) is 23.8 Å². The van der Waals surface area contributed by atoms with Gasteiger partial charge in [-0.3, -0.25) is 9.59 Å². The summed E-state index contributed by atoms with van der Waals surface area (Å²) in [6.45, 7) is 3.30. The zero-order valence-corrected chi connectivity index (χ0v) is 13.4. The van der Waals surface area contributed by atoms with Crippen LogP contribution in [0.3, 0.4) is 0 Å². The fourth-order valence-corrected chi connectivity index (χ4v) is 2.94. The van der Waals surface area contributed by atoms with Gasteiger partial charge >= 0.3 is 0 Å². The van der Waals surface area contributed by atoms with Gasteiger partial charge in [-0.05, 0) is 36.8 Å². The number of hydrogen-bond acceptors (Lipinski definition) is 3. The topological polar surface area (TPSA) is 49.4 Å². The van der Waals surface area contributed by atoms with Gasteiger partial charge in [-0.1, -0.05) is 12.1 Å². The number of benzene rings is 1. The van der Waals surface area contributed by atoms with Gasteiger partial charge in [0.2, 0.25) is 5.91 Å². The number of halogens is 1. The van der Waals surface area contributed by atoms with Crippen molar-refractivity contribution in [2.75, 3.05) is 12.4 Å². The van der Waals surface area contributed by atoms with E-state index in [2.05, 4.69) is 5.32 Å². The molecule has 1 atom stereocenters. The molecule has 0 aliphatic heterocycles. The quantitative estimate of drug-likeness (QED) is 0.934. The Hall–Kier alpha value is -2.21. The molecule has 0 saturated heterocycles. The summed E-state index contributed by atoms with van der Waals surface area (Å²) < 4.78 is 13.0. The molecule has 2 aromatic rings. The number of carbonyl (C=O) groups is 2. The number of hydrogen-bond donors (Lipinski definition) is 1. The average molecular weight is 320 g/mol. The second kappa shape index (κ2) is 6.70. The first kappa shape index (κ1) is 16.2. The number of carbonyl (C=O) groups excluding carboxylic acids is 2. The minimum atomic E-state index is -0.303. The van der Waals surface area contributed by atoms with Crippen LogP contribution in [-0.2, 0) is 4.79 Å². The standard InChI is InChI=1S/C16H17FN2O2S/c1-10(12-4-6-13(17)7-5-12)19(3)16(21)14-8-9-15(22-14)18-11(2)20/h4-10H,1-3H3,(H,18,20). The molecular formula is C16H17FN2O2S. The molecule has 0 aliphatic rings. The summed E-state index contributed by atoms with van der Waals surface area (Å²) in [5.41, 5.74) is 0.857. The van der Waals surface area contributed by atoms with Gasteiger partial charge in [0.05, 0.1) is 15.9 Å². The third kappa shape index (κ3) is 3.71. The van der Waals surface area contributed by atoms with Crippen molar-refractivity contribution in [1.82, 2.24) is 4.90 Å². The van der Waals surface area contributed by atoms with E-state index >= 15 is 0 Å². The van der Waals surface area contributed by atoms with E-state index in [1.54, 1.807) is 36.2 Å². The molecule has 1 aromatic carbocycles. The van der Waals surface area contributed by atoms with E-state index in [0.29, 0.717) is 9.88 Å². The SMILES string of the molecule is CC(=O)Nc1ccc(C(=O)N(C)C(C)c2ccc(F)cc2)s1. The van der Waals surface area contributed by atoms with E-state index < -0.39 is 0 Å². The highest BCUT2D eigenvalue weighted by Crippen LogP contribution is 2.26. The van der Waals surface area contributed by atoms with E-state index in [4.69, 9.17) is 0 Å². The average Bonchev–Trinajstić information content (AvgIpc) is 2.93. The summed E-state index contributed by atoms with van der Waals surface area (Å²) in [5, 5.41) is 3.29. The summed E-state index contributed by atoms with van der Waals surface area (Å²) in [4.78, 5) is 25.6. The van der Waals surface area contributed by atoms with Gasteiger partial charge in [-0.15, -0.1) is 11.3 Å². The third-order valence-electron chi connectivity index (χ3n) is 3.37. The Labute approximate surface area is 132 Å². The summed E-state index contributed by atoms with van der Waals surface area (Å²) in [7, 11) is 1.70. The maximum Gasteiger partial charge on any atom is 0.264 e. The zero-order valence-electron chi connectivity index (χ0n) is 12.6. The normalized spacial score (nSPS) is 11.8. The second-order valence-electron chi connectivity index (χ2n) is 4.99. The maximum atomic E-state index is 13.0. The number of rotatable bonds is 4. The molecule has 0 radical (unpaired) electrons. The largest absolute Gasteiger partial charge is 0.334 e. The van der Waals surface area contributed by atoms with Gasteiger partial charge in [0.25, 0.3) is 5.91 Å². The smallest absolute Gasteiger partial charge is 0.264 e. The number of thiophene rings is 1. The van der Waals surface area contributed by atoms with Crippen molar-refractivity contribution in [1.29, 1.82) is 0 Å². The van der Waals surface area contributed by atoms with Gasteiger partial charge in [0.15, 0.2) is 0 Å². The zero-order chi connectivity index (χ0) is 16.3. The minimum Gasteiger partial charge on any atom is -0.334 e. The molecule has 1 N–H and O–H groups in total. The highest BCUT2D eigenvalue weighted by Gasteiger charge is 2.20. The van der Waals surface area contributed by atoms with Crippen LogP contribution in [0.2, 0.25) is 0 Å². The number of amides is 2. The minimum absolute atomic E-state index is 0.140.